The standard InChI is InChI=1S/C10H11N5O2S2/c1-2-14-8(17)12-13-10(14)19-7-6(5-16)15-3-4-18-9(15)11-7/h3-4,16H,2,5H2,1H3,(H,12,17). The van der Waals surface area contributed by atoms with Crippen molar-refractivity contribution >= 4 is 28.1 Å². The zero-order valence-corrected chi connectivity index (χ0v) is 11.7. The lowest BCUT2D eigenvalue weighted by atomic mass is 10.5. The molecule has 0 aliphatic heterocycles. The minimum atomic E-state index is -0.239. The molecular weight excluding hydrogens is 286 g/mol. The summed E-state index contributed by atoms with van der Waals surface area (Å²) in [5, 5.41) is 19.0. The van der Waals surface area contributed by atoms with E-state index in [1.807, 2.05) is 22.9 Å². The normalized spacial score (nSPS) is 11.5. The Bertz CT molecular complexity index is 768. The van der Waals surface area contributed by atoms with Crippen LogP contribution in [0, 0.1) is 0 Å². The molecule has 7 nitrogen and oxygen atoms in total. The third kappa shape index (κ3) is 1.99. The zero-order chi connectivity index (χ0) is 13.4. The van der Waals surface area contributed by atoms with Crippen LogP contribution in [0.2, 0.25) is 0 Å². The molecule has 0 atom stereocenters. The van der Waals surface area contributed by atoms with Gasteiger partial charge in [-0.3, -0.25) is 8.97 Å². The van der Waals surface area contributed by atoms with Crippen molar-refractivity contribution < 1.29 is 5.11 Å². The largest absolute Gasteiger partial charge is 0.390 e. The summed E-state index contributed by atoms with van der Waals surface area (Å²) in [4.78, 5) is 16.7. The molecule has 0 unspecified atom stereocenters. The molecule has 0 bridgehead atoms. The van der Waals surface area contributed by atoms with Crippen molar-refractivity contribution in [3.05, 3.63) is 27.8 Å². The van der Waals surface area contributed by atoms with Crippen molar-refractivity contribution in [3.8, 4) is 0 Å². The Morgan fingerprint density at radius 2 is 2.42 bits per heavy atom. The molecule has 3 aromatic heterocycles. The van der Waals surface area contributed by atoms with Gasteiger partial charge in [0.2, 0.25) is 0 Å². The van der Waals surface area contributed by atoms with Crippen molar-refractivity contribution in [1.29, 1.82) is 0 Å². The van der Waals surface area contributed by atoms with E-state index in [2.05, 4.69) is 15.2 Å². The van der Waals surface area contributed by atoms with Gasteiger partial charge in [-0.1, -0.05) is 0 Å². The van der Waals surface area contributed by atoms with E-state index in [4.69, 9.17) is 0 Å². The first-order chi connectivity index (χ1) is 9.24. The van der Waals surface area contributed by atoms with Gasteiger partial charge in [-0.2, -0.15) is 0 Å². The number of hydrogen-bond donors (Lipinski definition) is 2. The van der Waals surface area contributed by atoms with E-state index in [-0.39, 0.29) is 12.3 Å². The number of rotatable bonds is 4. The van der Waals surface area contributed by atoms with E-state index in [9.17, 15) is 9.90 Å². The highest BCUT2D eigenvalue weighted by Crippen LogP contribution is 2.30. The third-order valence-corrected chi connectivity index (χ3v) is 4.47. The predicted molar refractivity (Wildman–Crippen MR) is 71.6 cm³/mol. The third-order valence-electron chi connectivity index (χ3n) is 2.70. The number of H-pyrrole nitrogens is 1. The second-order valence-electron chi connectivity index (χ2n) is 3.73. The molecule has 0 spiro atoms. The topological polar surface area (TPSA) is 88.2 Å². The second kappa shape index (κ2) is 4.83. The Kier molecular flexibility index (Phi) is 3.17. The molecule has 0 aromatic carbocycles. The fourth-order valence-corrected chi connectivity index (χ4v) is 3.57. The van der Waals surface area contributed by atoms with E-state index in [1.54, 1.807) is 0 Å². The minimum absolute atomic E-state index is 0.110. The van der Waals surface area contributed by atoms with E-state index in [0.717, 1.165) is 4.96 Å². The Hall–Kier alpha value is -1.58. The molecule has 0 amide bonds. The van der Waals surface area contributed by atoms with Crippen LogP contribution in [0.1, 0.15) is 12.6 Å². The van der Waals surface area contributed by atoms with Crippen LogP contribution in [0.5, 0.6) is 0 Å². The number of aliphatic hydroxyl groups excluding tert-OH is 1. The van der Waals surface area contributed by atoms with Crippen LogP contribution in [-0.4, -0.2) is 29.3 Å². The summed E-state index contributed by atoms with van der Waals surface area (Å²) in [5.74, 6) is 0. The monoisotopic (exact) mass is 297 g/mol. The predicted octanol–water partition coefficient (Wildman–Crippen LogP) is 0.944. The highest BCUT2D eigenvalue weighted by atomic mass is 32.2. The smallest absolute Gasteiger partial charge is 0.343 e. The summed E-state index contributed by atoms with van der Waals surface area (Å²) >= 11 is 2.77. The molecule has 0 fully saturated rings. The summed E-state index contributed by atoms with van der Waals surface area (Å²) in [6.45, 7) is 2.30. The van der Waals surface area contributed by atoms with Crippen molar-refractivity contribution in [2.45, 2.75) is 30.3 Å². The highest BCUT2D eigenvalue weighted by molar-refractivity contribution is 7.99. The van der Waals surface area contributed by atoms with Crippen LogP contribution in [0.4, 0.5) is 0 Å². The first kappa shape index (κ1) is 12.5. The van der Waals surface area contributed by atoms with Crippen LogP contribution >= 0.6 is 23.1 Å². The Labute approximate surface area is 115 Å². The van der Waals surface area contributed by atoms with Crippen molar-refractivity contribution in [3.63, 3.8) is 0 Å². The van der Waals surface area contributed by atoms with Gasteiger partial charge in [0.05, 0.1) is 12.3 Å². The maximum atomic E-state index is 11.5. The lowest BCUT2D eigenvalue weighted by Crippen LogP contribution is -2.16. The van der Waals surface area contributed by atoms with Crippen LogP contribution in [0.3, 0.4) is 0 Å². The average molecular weight is 297 g/mol. The van der Waals surface area contributed by atoms with Gasteiger partial charge in [-0.05, 0) is 18.7 Å². The molecule has 3 aromatic rings. The fourth-order valence-electron chi connectivity index (χ4n) is 1.78. The summed E-state index contributed by atoms with van der Waals surface area (Å²) in [5.41, 5.74) is 0.468. The number of aromatic nitrogens is 5. The number of nitrogens with one attached hydrogen (secondary N) is 1. The maximum Gasteiger partial charge on any atom is 0.343 e. The number of thiazole rings is 1. The molecule has 0 aliphatic carbocycles. The quantitative estimate of drug-likeness (QED) is 0.748. The number of aliphatic hydroxyl groups is 1. The molecule has 100 valence electrons. The summed E-state index contributed by atoms with van der Waals surface area (Å²) < 4.78 is 3.37. The van der Waals surface area contributed by atoms with E-state index in [1.165, 1.54) is 27.7 Å². The van der Waals surface area contributed by atoms with Gasteiger partial charge < -0.3 is 5.11 Å². The van der Waals surface area contributed by atoms with Crippen molar-refractivity contribution in [2.75, 3.05) is 0 Å². The SMILES string of the molecule is CCn1c(Sc2nc3sccn3c2CO)n[nH]c1=O. The first-order valence-electron chi connectivity index (χ1n) is 5.63. The molecule has 3 rings (SSSR count). The van der Waals surface area contributed by atoms with Gasteiger partial charge in [0.25, 0.3) is 0 Å². The van der Waals surface area contributed by atoms with E-state index < -0.39 is 0 Å². The van der Waals surface area contributed by atoms with Gasteiger partial charge >= 0.3 is 5.69 Å². The van der Waals surface area contributed by atoms with Crippen LogP contribution in [0.15, 0.2) is 26.6 Å². The Balaban J connectivity index is 2.05. The fraction of sp³-hybridized carbons (Fsp3) is 0.300. The number of imidazole rings is 1. The van der Waals surface area contributed by atoms with E-state index >= 15 is 0 Å². The average Bonchev–Trinajstić information content (AvgIpc) is 3.04. The summed E-state index contributed by atoms with van der Waals surface area (Å²) in [7, 11) is 0. The lowest BCUT2D eigenvalue weighted by molar-refractivity contribution is 0.272. The van der Waals surface area contributed by atoms with Crippen LogP contribution in [0.25, 0.3) is 4.96 Å². The van der Waals surface area contributed by atoms with Crippen LogP contribution < -0.4 is 5.69 Å². The van der Waals surface area contributed by atoms with Gasteiger partial charge in [0.1, 0.15) is 5.03 Å². The maximum absolute atomic E-state index is 11.5. The van der Waals surface area contributed by atoms with E-state index in [0.29, 0.717) is 22.4 Å². The Morgan fingerprint density at radius 1 is 1.58 bits per heavy atom. The molecular formula is C10H11N5O2S2. The number of aromatic amines is 1. The number of nitrogens with zero attached hydrogens (tertiary/aromatic N) is 4. The molecule has 2 N–H and O–H groups in total. The van der Waals surface area contributed by atoms with Gasteiger partial charge in [0.15, 0.2) is 10.1 Å². The zero-order valence-electron chi connectivity index (χ0n) is 10.0. The van der Waals surface area contributed by atoms with Crippen molar-refractivity contribution in [2.24, 2.45) is 0 Å². The minimum Gasteiger partial charge on any atom is -0.390 e. The molecule has 0 saturated carbocycles. The van der Waals surface area contributed by atoms with Crippen molar-refractivity contribution in [1.82, 2.24) is 24.1 Å². The summed E-state index contributed by atoms with van der Waals surface area (Å²) in [6, 6.07) is 0. The highest BCUT2D eigenvalue weighted by Gasteiger charge is 2.17. The molecule has 19 heavy (non-hydrogen) atoms. The number of hydrogen-bond acceptors (Lipinski definition) is 6. The second-order valence-corrected chi connectivity index (χ2v) is 5.56. The van der Waals surface area contributed by atoms with Crippen LogP contribution in [-0.2, 0) is 13.2 Å². The molecule has 3 heterocycles. The molecule has 0 saturated heterocycles. The lowest BCUT2D eigenvalue weighted by Gasteiger charge is -2.01. The molecule has 9 heteroatoms. The summed E-state index contributed by atoms with van der Waals surface area (Å²) in [6.07, 6.45) is 1.86. The Morgan fingerprint density at radius 3 is 3.16 bits per heavy atom. The molecule has 0 radical (unpaired) electrons. The van der Waals surface area contributed by atoms with Gasteiger partial charge in [-0.25, -0.2) is 14.9 Å². The van der Waals surface area contributed by atoms with Gasteiger partial charge in [-0.15, -0.1) is 16.4 Å². The first-order valence-corrected chi connectivity index (χ1v) is 7.32. The molecule has 0 aliphatic rings. The number of fused-ring (bicyclic) bond motifs is 1. The van der Waals surface area contributed by atoms with Gasteiger partial charge in [0, 0.05) is 18.1 Å².